The fourth-order valence-electron chi connectivity index (χ4n) is 2.33. The Morgan fingerprint density at radius 1 is 1.00 bits per heavy atom. The van der Waals surface area contributed by atoms with Gasteiger partial charge in [-0.2, -0.15) is 0 Å². The fraction of sp³-hybridized carbons (Fsp3) is 0.263. The van der Waals surface area contributed by atoms with Gasteiger partial charge in [-0.15, -0.1) is 0 Å². The minimum absolute atomic E-state index is 0.0264. The van der Waals surface area contributed by atoms with Crippen LogP contribution in [0.3, 0.4) is 0 Å². The van der Waals surface area contributed by atoms with Crippen molar-refractivity contribution >= 4 is 23.2 Å². The van der Waals surface area contributed by atoms with E-state index in [1.54, 1.807) is 12.1 Å². The molecule has 0 aromatic heterocycles. The van der Waals surface area contributed by atoms with Gasteiger partial charge < -0.3 is 16.4 Å². The maximum Gasteiger partial charge on any atom is 0.255 e. The molecule has 5 heteroatoms. The first-order valence-electron chi connectivity index (χ1n) is 8.05. The zero-order valence-corrected chi connectivity index (χ0v) is 14.1. The molecule has 5 nitrogen and oxygen atoms in total. The Labute approximate surface area is 142 Å². The summed E-state index contributed by atoms with van der Waals surface area (Å²) in [5, 5.41) is 5.76. The van der Waals surface area contributed by atoms with Crippen LogP contribution in [0.5, 0.6) is 0 Å². The van der Waals surface area contributed by atoms with E-state index in [1.165, 1.54) is 0 Å². The number of nitrogens with one attached hydrogen (secondary N) is 2. The SMILES string of the molecule is CCCC(=O)Nc1cccc(NC(=O)c2ccc(CN)cc2)c1C. The second-order valence-electron chi connectivity index (χ2n) is 5.63. The number of carbonyl (C=O) groups is 2. The van der Waals surface area contributed by atoms with Crippen molar-refractivity contribution in [3.8, 4) is 0 Å². The molecule has 0 spiro atoms. The van der Waals surface area contributed by atoms with E-state index in [9.17, 15) is 9.59 Å². The van der Waals surface area contributed by atoms with Gasteiger partial charge in [0.25, 0.3) is 5.91 Å². The summed E-state index contributed by atoms with van der Waals surface area (Å²) in [7, 11) is 0. The molecule has 0 radical (unpaired) electrons. The van der Waals surface area contributed by atoms with Gasteiger partial charge in [0.2, 0.25) is 5.91 Å². The van der Waals surface area contributed by atoms with E-state index < -0.39 is 0 Å². The third-order valence-electron chi connectivity index (χ3n) is 3.78. The lowest BCUT2D eigenvalue weighted by Gasteiger charge is -2.13. The van der Waals surface area contributed by atoms with Crippen molar-refractivity contribution in [2.75, 3.05) is 10.6 Å². The Balaban J connectivity index is 2.14. The Morgan fingerprint density at radius 3 is 2.21 bits per heavy atom. The summed E-state index contributed by atoms with van der Waals surface area (Å²) in [6.45, 7) is 4.27. The van der Waals surface area contributed by atoms with Crippen LogP contribution in [0.2, 0.25) is 0 Å². The Hall–Kier alpha value is -2.66. The van der Waals surface area contributed by atoms with Gasteiger partial charge in [0, 0.05) is 29.9 Å². The predicted octanol–water partition coefficient (Wildman–Crippen LogP) is 3.44. The topological polar surface area (TPSA) is 84.2 Å². The molecule has 0 bridgehead atoms. The molecule has 2 rings (SSSR count). The molecule has 0 aliphatic carbocycles. The standard InChI is InChI=1S/C19H23N3O2/c1-3-5-18(23)21-16-6-4-7-17(13(16)2)22-19(24)15-10-8-14(12-20)9-11-15/h4,6-11H,3,5,12,20H2,1-2H3,(H,21,23)(H,22,24). The summed E-state index contributed by atoms with van der Waals surface area (Å²) in [4.78, 5) is 24.1. The average Bonchev–Trinajstić information content (AvgIpc) is 2.58. The van der Waals surface area contributed by atoms with Gasteiger partial charge in [0.15, 0.2) is 0 Å². The van der Waals surface area contributed by atoms with Crippen LogP contribution in [0.4, 0.5) is 11.4 Å². The van der Waals surface area contributed by atoms with Gasteiger partial charge in [-0.25, -0.2) is 0 Å². The highest BCUT2D eigenvalue weighted by Gasteiger charge is 2.11. The van der Waals surface area contributed by atoms with Crippen molar-refractivity contribution in [2.24, 2.45) is 5.73 Å². The quantitative estimate of drug-likeness (QED) is 0.760. The van der Waals surface area contributed by atoms with E-state index in [2.05, 4.69) is 10.6 Å². The van der Waals surface area contributed by atoms with Gasteiger partial charge in [-0.05, 0) is 48.7 Å². The number of carbonyl (C=O) groups excluding carboxylic acids is 2. The molecular formula is C19H23N3O2. The van der Waals surface area contributed by atoms with Gasteiger partial charge >= 0.3 is 0 Å². The highest BCUT2D eigenvalue weighted by Crippen LogP contribution is 2.24. The van der Waals surface area contributed by atoms with E-state index in [1.807, 2.05) is 44.2 Å². The van der Waals surface area contributed by atoms with Crippen molar-refractivity contribution in [3.05, 3.63) is 59.2 Å². The van der Waals surface area contributed by atoms with Crippen LogP contribution in [-0.4, -0.2) is 11.8 Å². The Kier molecular flexibility index (Phi) is 6.09. The summed E-state index contributed by atoms with van der Waals surface area (Å²) in [6, 6.07) is 12.6. The summed E-state index contributed by atoms with van der Waals surface area (Å²) in [5.74, 6) is -0.222. The van der Waals surface area contributed by atoms with E-state index in [0.717, 1.165) is 17.5 Å². The molecule has 0 heterocycles. The van der Waals surface area contributed by atoms with Crippen molar-refractivity contribution < 1.29 is 9.59 Å². The van der Waals surface area contributed by atoms with Gasteiger partial charge in [0.1, 0.15) is 0 Å². The number of anilines is 2. The van der Waals surface area contributed by atoms with Crippen molar-refractivity contribution in [1.29, 1.82) is 0 Å². The zero-order valence-electron chi connectivity index (χ0n) is 14.1. The van der Waals surface area contributed by atoms with E-state index in [-0.39, 0.29) is 11.8 Å². The smallest absolute Gasteiger partial charge is 0.255 e. The largest absolute Gasteiger partial charge is 0.326 e. The summed E-state index contributed by atoms with van der Waals surface area (Å²) in [6.07, 6.45) is 1.27. The van der Waals surface area contributed by atoms with Crippen LogP contribution in [0.1, 0.15) is 41.3 Å². The highest BCUT2D eigenvalue weighted by atomic mass is 16.2. The van der Waals surface area contributed by atoms with E-state index >= 15 is 0 Å². The van der Waals surface area contributed by atoms with Crippen molar-refractivity contribution in [2.45, 2.75) is 33.2 Å². The molecule has 24 heavy (non-hydrogen) atoms. The number of rotatable bonds is 6. The molecule has 0 atom stereocenters. The third-order valence-corrected chi connectivity index (χ3v) is 3.78. The van der Waals surface area contributed by atoms with E-state index in [0.29, 0.717) is 29.9 Å². The first-order chi connectivity index (χ1) is 11.5. The van der Waals surface area contributed by atoms with Crippen LogP contribution >= 0.6 is 0 Å². The molecule has 0 aliphatic heterocycles. The number of hydrogen-bond acceptors (Lipinski definition) is 3. The summed E-state index contributed by atoms with van der Waals surface area (Å²) >= 11 is 0. The minimum Gasteiger partial charge on any atom is -0.326 e. The van der Waals surface area contributed by atoms with Crippen molar-refractivity contribution in [1.82, 2.24) is 0 Å². The lowest BCUT2D eigenvalue weighted by molar-refractivity contribution is -0.116. The fourth-order valence-corrected chi connectivity index (χ4v) is 2.33. The molecule has 0 saturated carbocycles. The number of amides is 2. The molecule has 0 fully saturated rings. The van der Waals surface area contributed by atoms with Crippen LogP contribution < -0.4 is 16.4 Å². The van der Waals surface area contributed by atoms with Crippen LogP contribution in [0.25, 0.3) is 0 Å². The second-order valence-corrected chi connectivity index (χ2v) is 5.63. The molecule has 0 aliphatic rings. The molecule has 2 aromatic rings. The maximum absolute atomic E-state index is 12.4. The third kappa shape index (κ3) is 4.43. The van der Waals surface area contributed by atoms with Crippen molar-refractivity contribution in [3.63, 3.8) is 0 Å². The second kappa shape index (κ2) is 8.26. The summed E-state index contributed by atoms with van der Waals surface area (Å²) < 4.78 is 0. The van der Waals surface area contributed by atoms with Gasteiger partial charge in [0.05, 0.1) is 0 Å². The number of hydrogen-bond donors (Lipinski definition) is 3. The van der Waals surface area contributed by atoms with Gasteiger partial charge in [-0.1, -0.05) is 25.1 Å². The molecule has 4 N–H and O–H groups in total. The van der Waals surface area contributed by atoms with Crippen LogP contribution in [-0.2, 0) is 11.3 Å². The number of benzene rings is 2. The predicted molar refractivity (Wildman–Crippen MR) is 97.0 cm³/mol. The lowest BCUT2D eigenvalue weighted by atomic mass is 10.1. The monoisotopic (exact) mass is 325 g/mol. The Morgan fingerprint density at radius 2 is 1.62 bits per heavy atom. The molecule has 126 valence electrons. The first kappa shape index (κ1) is 17.7. The molecule has 0 unspecified atom stereocenters. The number of nitrogens with two attached hydrogens (primary N) is 1. The molecule has 0 saturated heterocycles. The Bertz CT molecular complexity index is 724. The van der Waals surface area contributed by atoms with E-state index in [4.69, 9.17) is 5.73 Å². The maximum atomic E-state index is 12.4. The van der Waals surface area contributed by atoms with Gasteiger partial charge in [-0.3, -0.25) is 9.59 Å². The average molecular weight is 325 g/mol. The molecule has 2 aromatic carbocycles. The zero-order chi connectivity index (χ0) is 17.5. The highest BCUT2D eigenvalue weighted by molar-refractivity contribution is 6.05. The summed E-state index contributed by atoms with van der Waals surface area (Å²) in [5.41, 5.74) is 9.32. The molecule has 2 amide bonds. The minimum atomic E-state index is -0.196. The van der Waals surface area contributed by atoms with Crippen LogP contribution in [0, 0.1) is 6.92 Å². The lowest BCUT2D eigenvalue weighted by Crippen LogP contribution is -2.15. The van der Waals surface area contributed by atoms with Crippen LogP contribution in [0.15, 0.2) is 42.5 Å². The molecular weight excluding hydrogens is 302 g/mol. The normalized spacial score (nSPS) is 10.3. The first-order valence-corrected chi connectivity index (χ1v) is 8.05.